The van der Waals surface area contributed by atoms with Crippen LogP contribution in [0.25, 0.3) is 0 Å². The van der Waals surface area contributed by atoms with E-state index in [1.807, 2.05) is 42.2 Å². The number of aromatic amines is 1. The lowest BCUT2D eigenvalue weighted by Gasteiger charge is -2.33. The molecular formula is C20H25F3N4O5S. The van der Waals surface area contributed by atoms with Gasteiger partial charge in [0.15, 0.2) is 5.03 Å². The van der Waals surface area contributed by atoms with Crippen molar-refractivity contribution < 1.29 is 36.3 Å². The summed E-state index contributed by atoms with van der Waals surface area (Å²) in [6, 6.07) is 9.90. The number of carboxylic acid groups (broad SMARTS) is 1. The van der Waals surface area contributed by atoms with Gasteiger partial charge in [0.1, 0.15) is 0 Å². The SMILES string of the molecule is CCN(Cc1ccccc1)C(=O)C1CCN(S(=O)(=O)c2cnc[nH]2)CC1.O=C(O)C(F)(F)F. The number of alkyl halides is 3. The molecule has 1 saturated heterocycles. The van der Waals surface area contributed by atoms with Crippen LogP contribution in [0.3, 0.4) is 0 Å². The van der Waals surface area contributed by atoms with E-state index in [0.717, 1.165) is 5.56 Å². The van der Waals surface area contributed by atoms with Gasteiger partial charge >= 0.3 is 12.1 Å². The van der Waals surface area contributed by atoms with Crippen molar-refractivity contribution in [2.24, 2.45) is 5.92 Å². The minimum atomic E-state index is -5.08. The number of amides is 1. The number of halogens is 3. The van der Waals surface area contributed by atoms with Crippen molar-refractivity contribution in [3.05, 3.63) is 48.4 Å². The number of carbonyl (C=O) groups excluding carboxylic acids is 1. The lowest BCUT2D eigenvalue weighted by atomic mass is 9.96. The fraction of sp³-hybridized carbons (Fsp3) is 0.450. The first-order valence-corrected chi connectivity index (χ1v) is 11.5. The summed E-state index contributed by atoms with van der Waals surface area (Å²) in [5.41, 5.74) is 1.10. The highest BCUT2D eigenvalue weighted by Gasteiger charge is 2.38. The number of hydrogen-bond acceptors (Lipinski definition) is 5. The van der Waals surface area contributed by atoms with E-state index in [0.29, 0.717) is 39.0 Å². The Kier molecular flexibility index (Phi) is 8.99. The molecule has 0 bridgehead atoms. The maximum absolute atomic E-state index is 12.9. The maximum atomic E-state index is 12.9. The highest BCUT2D eigenvalue weighted by Crippen LogP contribution is 2.24. The van der Waals surface area contributed by atoms with E-state index in [2.05, 4.69) is 9.97 Å². The summed E-state index contributed by atoms with van der Waals surface area (Å²) in [5, 5.41) is 7.22. The van der Waals surface area contributed by atoms with Crippen LogP contribution in [0.1, 0.15) is 25.3 Å². The first-order chi connectivity index (χ1) is 15.5. The second-order valence-corrected chi connectivity index (χ2v) is 9.14. The molecular weight excluding hydrogens is 465 g/mol. The van der Waals surface area contributed by atoms with E-state index >= 15 is 0 Å². The molecule has 1 fully saturated rings. The Bertz CT molecular complexity index is 1010. The summed E-state index contributed by atoms with van der Waals surface area (Å²) < 4.78 is 58.2. The second kappa shape index (κ2) is 11.3. The number of sulfonamides is 1. The first kappa shape index (κ1) is 26.3. The van der Waals surface area contributed by atoms with E-state index in [1.54, 1.807) is 0 Å². The van der Waals surface area contributed by atoms with Crippen LogP contribution in [-0.2, 0) is 26.2 Å². The molecule has 2 N–H and O–H groups in total. The Labute approximate surface area is 189 Å². The van der Waals surface area contributed by atoms with E-state index in [1.165, 1.54) is 16.8 Å². The third-order valence-corrected chi connectivity index (χ3v) is 6.87. The maximum Gasteiger partial charge on any atom is 0.490 e. The lowest BCUT2D eigenvalue weighted by molar-refractivity contribution is -0.192. The average molecular weight is 491 g/mol. The summed E-state index contributed by atoms with van der Waals surface area (Å²) in [5.74, 6) is -2.78. The largest absolute Gasteiger partial charge is 0.490 e. The number of carboxylic acids is 1. The van der Waals surface area contributed by atoms with Crippen molar-refractivity contribution >= 4 is 21.9 Å². The van der Waals surface area contributed by atoms with Crippen molar-refractivity contribution in [1.82, 2.24) is 19.2 Å². The number of benzene rings is 1. The number of aromatic nitrogens is 2. The number of piperidine rings is 1. The molecule has 0 aliphatic carbocycles. The highest BCUT2D eigenvalue weighted by atomic mass is 32.2. The topological polar surface area (TPSA) is 124 Å². The molecule has 13 heteroatoms. The number of carbonyl (C=O) groups is 2. The van der Waals surface area contributed by atoms with Gasteiger partial charge in [-0.05, 0) is 25.3 Å². The van der Waals surface area contributed by atoms with E-state index in [4.69, 9.17) is 9.90 Å². The first-order valence-electron chi connectivity index (χ1n) is 10.1. The van der Waals surface area contributed by atoms with Gasteiger partial charge in [-0.3, -0.25) is 4.79 Å². The Hall–Kier alpha value is -2.93. The third kappa shape index (κ3) is 7.29. The molecule has 0 radical (unpaired) electrons. The smallest absolute Gasteiger partial charge is 0.475 e. The highest BCUT2D eigenvalue weighted by molar-refractivity contribution is 7.89. The molecule has 1 aliphatic rings. The monoisotopic (exact) mass is 490 g/mol. The number of aliphatic carboxylic acids is 1. The van der Waals surface area contributed by atoms with Gasteiger partial charge in [0.05, 0.1) is 12.5 Å². The molecule has 1 amide bonds. The van der Waals surface area contributed by atoms with Gasteiger partial charge in [-0.1, -0.05) is 30.3 Å². The van der Waals surface area contributed by atoms with Crippen molar-refractivity contribution in [1.29, 1.82) is 0 Å². The Balaban J connectivity index is 0.000000479. The van der Waals surface area contributed by atoms with Crippen LogP contribution in [0.2, 0.25) is 0 Å². The van der Waals surface area contributed by atoms with Crippen LogP contribution >= 0.6 is 0 Å². The van der Waals surface area contributed by atoms with Gasteiger partial charge in [0, 0.05) is 32.1 Å². The van der Waals surface area contributed by atoms with Crippen LogP contribution in [0.4, 0.5) is 13.2 Å². The minimum Gasteiger partial charge on any atom is -0.475 e. The molecule has 1 aliphatic heterocycles. The fourth-order valence-corrected chi connectivity index (χ4v) is 4.64. The quantitative estimate of drug-likeness (QED) is 0.641. The van der Waals surface area contributed by atoms with Crippen molar-refractivity contribution in [2.75, 3.05) is 19.6 Å². The van der Waals surface area contributed by atoms with Gasteiger partial charge in [-0.15, -0.1) is 0 Å². The van der Waals surface area contributed by atoms with Gasteiger partial charge in [-0.25, -0.2) is 18.2 Å². The van der Waals surface area contributed by atoms with Crippen LogP contribution in [0.5, 0.6) is 0 Å². The molecule has 2 aromatic rings. The predicted octanol–water partition coefficient (Wildman–Crippen LogP) is 2.49. The fourth-order valence-electron chi connectivity index (χ4n) is 3.27. The van der Waals surface area contributed by atoms with Crippen LogP contribution in [0, 0.1) is 5.92 Å². The molecule has 0 spiro atoms. The Morgan fingerprint density at radius 3 is 2.24 bits per heavy atom. The van der Waals surface area contributed by atoms with Gasteiger partial charge < -0.3 is 15.0 Å². The summed E-state index contributed by atoms with van der Waals surface area (Å²) in [6.07, 6.45) is -1.34. The molecule has 2 heterocycles. The second-order valence-electron chi connectivity index (χ2n) is 7.24. The summed E-state index contributed by atoms with van der Waals surface area (Å²) in [6.45, 7) is 3.89. The van der Waals surface area contributed by atoms with Crippen LogP contribution < -0.4 is 0 Å². The van der Waals surface area contributed by atoms with Crippen LogP contribution in [-0.4, -0.2) is 70.4 Å². The standard InChI is InChI=1S/C18H24N4O3S.C2HF3O2/c1-2-21(13-15-6-4-3-5-7-15)18(23)16-8-10-22(11-9-16)26(24,25)17-12-19-14-20-17;3-2(4,5)1(6)7/h3-7,12,14,16H,2,8-11,13H2,1H3,(H,19,20);(H,6,7). The van der Waals surface area contributed by atoms with Gasteiger partial charge in [-0.2, -0.15) is 17.5 Å². The minimum absolute atomic E-state index is 0.0986. The Morgan fingerprint density at radius 2 is 1.79 bits per heavy atom. The summed E-state index contributed by atoms with van der Waals surface area (Å²) in [7, 11) is -3.55. The summed E-state index contributed by atoms with van der Waals surface area (Å²) in [4.78, 5) is 30.0. The lowest BCUT2D eigenvalue weighted by Crippen LogP contribution is -2.44. The van der Waals surface area contributed by atoms with E-state index < -0.39 is 22.2 Å². The number of H-pyrrole nitrogens is 1. The number of nitrogens with zero attached hydrogens (tertiary/aromatic N) is 3. The van der Waals surface area contributed by atoms with E-state index in [-0.39, 0.29) is 16.9 Å². The number of imidazole rings is 1. The summed E-state index contributed by atoms with van der Waals surface area (Å²) >= 11 is 0. The molecule has 9 nitrogen and oxygen atoms in total. The molecule has 0 saturated carbocycles. The van der Waals surface area contributed by atoms with Crippen molar-refractivity contribution in [3.8, 4) is 0 Å². The number of nitrogens with one attached hydrogen (secondary N) is 1. The molecule has 33 heavy (non-hydrogen) atoms. The van der Waals surface area contributed by atoms with Crippen LogP contribution in [0.15, 0.2) is 47.9 Å². The molecule has 182 valence electrons. The molecule has 1 aromatic heterocycles. The zero-order valence-corrected chi connectivity index (χ0v) is 18.6. The van der Waals surface area contributed by atoms with E-state index in [9.17, 15) is 26.4 Å². The molecule has 1 aromatic carbocycles. The molecule has 3 rings (SSSR count). The van der Waals surface area contributed by atoms with Gasteiger partial charge in [0.2, 0.25) is 5.91 Å². The number of rotatable bonds is 6. The van der Waals surface area contributed by atoms with Crippen molar-refractivity contribution in [2.45, 2.75) is 37.5 Å². The average Bonchev–Trinajstić information content (AvgIpc) is 3.33. The molecule has 0 unspecified atom stereocenters. The number of hydrogen-bond donors (Lipinski definition) is 2. The third-order valence-electron chi connectivity index (χ3n) is 5.05. The van der Waals surface area contributed by atoms with Gasteiger partial charge in [0.25, 0.3) is 10.0 Å². The normalized spacial score (nSPS) is 15.4. The van der Waals surface area contributed by atoms with Crippen molar-refractivity contribution in [3.63, 3.8) is 0 Å². The Morgan fingerprint density at radius 1 is 1.21 bits per heavy atom. The predicted molar refractivity (Wildman–Crippen MR) is 111 cm³/mol. The zero-order valence-electron chi connectivity index (χ0n) is 17.8. The molecule has 0 atom stereocenters. The zero-order chi connectivity index (χ0) is 24.6.